The van der Waals surface area contributed by atoms with E-state index in [-0.39, 0.29) is 6.10 Å². The van der Waals surface area contributed by atoms with E-state index < -0.39 is 0 Å². The number of benzene rings is 1. The summed E-state index contributed by atoms with van der Waals surface area (Å²) in [5, 5.41) is 10.4. The molecule has 0 saturated heterocycles. The number of aliphatic hydroxyl groups is 1. The highest BCUT2D eigenvalue weighted by Crippen LogP contribution is 2.43. The van der Waals surface area contributed by atoms with E-state index in [0.29, 0.717) is 5.92 Å². The number of hydrogen-bond donors (Lipinski definition) is 1. The van der Waals surface area contributed by atoms with Gasteiger partial charge in [-0.3, -0.25) is 0 Å². The maximum atomic E-state index is 10.4. The lowest BCUT2D eigenvalue weighted by molar-refractivity contribution is 0.105. The Kier molecular flexibility index (Phi) is 2.83. The molecule has 2 aliphatic rings. The van der Waals surface area contributed by atoms with Crippen molar-refractivity contribution in [1.29, 1.82) is 0 Å². The molecule has 0 radical (unpaired) electrons. The zero-order valence-electron chi connectivity index (χ0n) is 10.4. The summed E-state index contributed by atoms with van der Waals surface area (Å²) in [4.78, 5) is 0. The maximum absolute atomic E-state index is 10.4. The van der Waals surface area contributed by atoms with Crippen molar-refractivity contribution in [2.24, 2.45) is 11.8 Å². The van der Waals surface area contributed by atoms with Gasteiger partial charge in [-0.1, -0.05) is 13.0 Å². The average Bonchev–Trinajstić information content (AvgIpc) is 3.21. The molecule has 0 aromatic heterocycles. The van der Waals surface area contributed by atoms with E-state index in [1.54, 1.807) is 0 Å². The lowest BCUT2D eigenvalue weighted by Gasteiger charge is -2.22. The van der Waals surface area contributed by atoms with Crippen LogP contribution in [0.5, 0.6) is 5.75 Å². The Bertz CT molecular complexity index is 409. The smallest absolute Gasteiger partial charge is 0.122 e. The van der Waals surface area contributed by atoms with Crippen molar-refractivity contribution in [3.8, 4) is 5.75 Å². The van der Waals surface area contributed by atoms with E-state index in [1.807, 2.05) is 12.1 Å². The second kappa shape index (κ2) is 4.34. The zero-order chi connectivity index (χ0) is 11.8. The Morgan fingerprint density at radius 1 is 1.35 bits per heavy atom. The van der Waals surface area contributed by atoms with Crippen LogP contribution in [-0.4, -0.2) is 11.7 Å². The molecule has 1 aromatic rings. The highest BCUT2D eigenvalue weighted by molar-refractivity contribution is 5.39. The van der Waals surface area contributed by atoms with E-state index in [4.69, 9.17) is 4.74 Å². The monoisotopic (exact) mass is 232 g/mol. The van der Waals surface area contributed by atoms with Gasteiger partial charge in [-0.15, -0.1) is 0 Å². The molecule has 2 unspecified atom stereocenters. The Morgan fingerprint density at radius 3 is 2.94 bits per heavy atom. The quantitative estimate of drug-likeness (QED) is 0.867. The molecule has 92 valence electrons. The van der Waals surface area contributed by atoms with E-state index >= 15 is 0 Å². The molecule has 0 spiro atoms. The highest BCUT2D eigenvalue weighted by Gasteiger charge is 2.33. The molecule has 2 heteroatoms. The van der Waals surface area contributed by atoms with E-state index in [1.165, 1.54) is 18.4 Å². The van der Waals surface area contributed by atoms with E-state index in [2.05, 4.69) is 13.0 Å². The first kappa shape index (κ1) is 11.1. The molecular formula is C15H20O2. The molecule has 3 rings (SSSR count). The van der Waals surface area contributed by atoms with Gasteiger partial charge in [0.15, 0.2) is 0 Å². The largest absolute Gasteiger partial charge is 0.493 e. The molecule has 1 fully saturated rings. The van der Waals surface area contributed by atoms with Crippen LogP contribution in [0.1, 0.15) is 43.4 Å². The molecule has 1 heterocycles. The standard InChI is InChI=1S/C15H20O2/c1-10(11-4-5-11)15(16)13-6-7-14-12(9-13)3-2-8-17-14/h6-7,9-11,15-16H,2-5,8H2,1H3. The lowest BCUT2D eigenvalue weighted by Crippen LogP contribution is -2.13. The summed E-state index contributed by atoms with van der Waals surface area (Å²) >= 11 is 0. The van der Waals surface area contributed by atoms with Crippen molar-refractivity contribution in [2.45, 2.75) is 38.7 Å². The molecule has 1 aliphatic heterocycles. The van der Waals surface area contributed by atoms with Gasteiger partial charge in [0.1, 0.15) is 5.75 Å². The Morgan fingerprint density at radius 2 is 2.18 bits per heavy atom. The van der Waals surface area contributed by atoms with Crippen molar-refractivity contribution >= 4 is 0 Å². The number of ether oxygens (including phenoxy) is 1. The van der Waals surface area contributed by atoms with Gasteiger partial charge in [-0.2, -0.15) is 0 Å². The van der Waals surface area contributed by atoms with Crippen molar-refractivity contribution in [3.63, 3.8) is 0 Å². The third kappa shape index (κ3) is 2.19. The normalized spacial score (nSPS) is 22.5. The fraction of sp³-hybridized carbons (Fsp3) is 0.600. The van der Waals surface area contributed by atoms with Crippen LogP contribution in [0.2, 0.25) is 0 Å². The molecule has 1 N–H and O–H groups in total. The van der Waals surface area contributed by atoms with Crippen LogP contribution in [0.3, 0.4) is 0 Å². The van der Waals surface area contributed by atoms with Crippen LogP contribution >= 0.6 is 0 Å². The van der Waals surface area contributed by atoms with Crippen LogP contribution in [0.4, 0.5) is 0 Å². The van der Waals surface area contributed by atoms with E-state index in [9.17, 15) is 5.11 Å². The summed E-state index contributed by atoms with van der Waals surface area (Å²) in [5.41, 5.74) is 2.32. The van der Waals surface area contributed by atoms with Gasteiger partial charge >= 0.3 is 0 Å². The third-order valence-electron chi connectivity index (χ3n) is 4.14. The number of hydrogen-bond acceptors (Lipinski definition) is 2. The van der Waals surface area contributed by atoms with Gasteiger partial charge < -0.3 is 9.84 Å². The first-order valence-electron chi connectivity index (χ1n) is 6.69. The first-order valence-corrected chi connectivity index (χ1v) is 6.69. The van der Waals surface area contributed by atoms with Gasteiger partial charge in [-0.25, -0.2) is 0 Å². The molecule has 1 aromatic carbocycles. The topological polar surface area (TPSA) is 29.5 Å². The summed E-state index contributed by atoms with van der Waals surface area (Å²) in [6.07, 6.45) is 4.42. The van der Waals surface area contributed by atoms with Crippen LogP contribution < -0.4 is 4.74 Å². The minimum atomic E-state index is -0.310. The Balaban J connectivity index is 1.82. The zero-order valence-corrected chi connectivity index (χ0v) is 10.4. The first-order chi connectivity index (χ1) is 8.25. The summed E-state index contributed by atoms with van der Waals surface area (Å²) in [6, 6.07) is 6.18. The van der Waals surface area contributed by atoms with Crippen molar-refractivity contribution < 1.29 is 9.84 Å². The van der Waals surface area contributed by atoms with Crippen LogP contribution in [0.15, 0.2) is 18.2 Å². The van der Waals surface area contributed by atoms with Crippen LogP contribution in [0, 0.1) is 11.8 Å². The fourth-order valence-electron chi connectivity index (χ4n) is 2.75. The van der Waals surface area contributed by atoms with Crippen molar-refractivity contribution in [2.75, 3.05) is 6.61 Å². The Hall–Kier alpha value is -1.02. The predicted molar refractivity (Wildman–Crippen MR) is 67.1 cm³/mol. The van der Waals surface area contributed by atoms with Crippen LogP contribution in [-0.2, 0) is 6.42 Å². The summed E-state index contributed by atoms with van der Waals surface area (Å²) in [7, 11) is 0. The van der Waals surface area contributed by atoms with Gasteiger partial charge in [0.05, 0.1) is 12.7 Å². The second-order valence-electron chi connectivity index (χ2n) is 5.46. The van der Waals surface area contributed by atoms with Gasteiger partial charge in [-0.05, 0) is 60.8 Å². The highest BCUT2D eigenvalue weighted by atomic mass is 16.5. The molecule has 1 aliphatic carbocycles. The number of aliphatic hydroxyl groups excluding tert-OH is 1. The molecule has 0 bridgehead atoms. The van der Waals surface area contributed by atoms with E-state index in [0.717, 1.165) is 36.7 Å². The fourth-order valence-corrected chi connectivity index (χ4v) is 2.75. The maximum Gasteiger partial charge on any atom is 0.122 e. The Labute approximate surface area is 103 Å². The summed E-state index contributed by atoms with van der Waals surface area (Å²) < 4.78 is 5.60. The minimum absolute atomic E-state index is 0.310. The van der Waals surface area contributed by atoms with Crippen molar-refractivity contribution in [3.05, 3.63) is 29.3 Å². The number of rotatable bonds is 3. The summed E-state index contributed by atoms with van der Waals surface area (Å²) in [5.74, 6) is 2.13. The third-order valence-corrected chi connectivity index (χ3v) is 4.14. The van der Waals surface area contributed by atoms with Gasteiger partial charge in [0.25, 0.3) is 0 Å². The van der Waals surface area contributed by atoms with Gasteiger partial charge in [0, 0.05) is 0 Å². The van der Waals surface area contributed by atoms with Crippen molar-refractivity contribution in [1.82, 2.24) is 0 Å². The molecule has 0 amide bonds. The lowest BCUT2D eigenvalue weighted by atomic mass is 9.91. The molecule has 2 nitrogen and oxygen atoms in total. The number of fused-ring (bicyclic) bond motifs is 1. The molecule has 2 atom stereocenters. The minimum Gasteiger partial charge on any atom is -0.493 e. The molecule has 1 saturated carbocycles. The average molecular weight is 232 g/mol. The number of aryl methyl sites for hydroxylation is 1. The van der Waals surface area contributed by atoms with Crippen LogP contribution in [0.25, 0.3) is 0 Å². The second-order valence-corrected chi connectivity index (χ2v) is 5.46. The van der Waals surface area contributed by atoms with Gasteiger partial charge in [0.2, 0.25) is 0 Å². The summed E-state index contributed by atoms with van der Waals surface area (Å²) in [6.45, 7) is 2.99. The predicted octanol–water partition coefficient (Wildman–Crippen LogP) is 3.09. The SMILES string of the molecule is CC(C1CC1)C(O)c1ccc2c(c1)CCCO2. The molecular weight excluding hydrogens is 212 g/mol. The molecule has 17 heavy (non-hydrogen) atoms.